The van der Waals surface area contributed by atoms with Gasteiger partial charge in [-0.1, -0.05) is 35.0 Å². The molecule has 33 heavy (non-hydrogen) atoms. The number of nitrogen functional groups attached to an aromatic ring is 1. The number of anilines is 1. The third-order valence-corrected chi connectivity index (χ3v) is 6.06. The Hall–Kier alpha value is -2.36. The number of nitriles is 1. The second kappa shape index (κ2) is 12.8. The largest absolute Gasteiger partial charge is 0.477 e. The Balaban J connectivity index is 1.56. The van der Waals surface area contributed by atoms with Crippen LogP contribution in [-0.4, -0.2) is 77.5 Å². The standard InChI is InChI=1S/C20H23Cl2N7O3S/c21-14-12-15(22)16(32-7-2-23)11-13(14)18-26-19(24)28-20(27-18)33-10-1-17(30)25-3-4-29-5-8-31-9-6-29/h11-12H,1,3-10H2,(H,25,30)(H2,24,26,27,28). The Labute approximate surface area is 205 Å². The van der Waals surface area contributed by atoms with Crippen LogP contribution in [0.4, 0.5) is 5.95 Å². The van der Waals surface area contributed by atoms with E-state index in [1.807, 2.05) is 6.07 Å². The highest BCUT2D eigenvalue weighted by Crippen LogP contribution is 2.36. The van der Waals surface area contributed by atoms with Crippen LogP contribution < -0.4 is 15.8 Å². The van der Waals surface area contributed by atoms with E-state index in [9.17, 15) is 4.79 Å². The third kappa shape index (κ3) is 7.87. The van der Waals surface area contributed by atoms with Crippen LogP contribution in [0.25, 0.3) is 11.4 Å². The Morgan fingerprint density at radius 1 is 1.27 bits per heavy atom. The Kier molecular flexibility index (Phi) is 9.77. The first kappa shape index (κ1) is 25.3. The van der Waals surface area contributed by atoms with Gasteiger partial charge in [0.25, 0.3) is 0 Å². The van der Waals surface area contributed by atoms with Crippen LogP contribution in [0.2, 0.25) is 10.0 Å². The Morgan fingerprint density at radius 2 is 2.06 bits per heavy atom. The van der Waals surface area contributed by atoms with Gasteiger partial charge in [-0.3, -0.25) is 9.69 Å². The van der Waals surface area contributed by atoms with E-state index in [0.29, 0.717) is 34.5 Å². The number of hydrogen-bond acceptors (Lipinski definition) is 10. The van der Waals surface area contributed by atoms with Crippen LogP contribution in [0.1, 0.15) is 6.42 Å². The number of hydrogen-bond donors (Lipinski definition) is 2. The fraction of sp³-hybridized carbons (Fsp3) is 0.450. The van der Waals surface area contributed by atoms with E-state index < -0.39 is 0 Å². The van der Waals surface area contributed by atoms with E-state index in [1.54, 1.807) is 6.07 Å². The van der Waals surface area contributed by atoms with Gasteiger partial charge >= 0.3 is 0 Å². The molecule has 1 aromatic carbocycles. The molecule has 176 valence electrons. The molecule has 0 bridgehead atoms. The van der Waals surface area contributed by atoms with Crippen molar-refractivity contribution in [3.63, 3.8) is 0 Å². The van der Waals surface area contributed by atoms with Gasteiger partial charge < -0.3 is 20.5 Å². The number of ether oxygens (including phenoxy) is 2. The number of halogens is 2. The second-order valence-electron chi connectivity index (χ2n) is 6.91. The van der Waals surface area contributed by atoms with Gasteiger partial charge in [-0.2, -0.15) is 15.2 Å². The summed E-state index contributed by atoms with van der Waals surface area (Å²) < 4.78 is 10.6. The van der Waals surface area contributed by atoms with Crippen molar-refractivity contribution in [2.45, 2.75) is 11.6 Å². The quantitative estimate of drug-likeness (QED) is 0.456. The molecule has 0 saturated carbocycles. The molecule has 3 N–H and O–H groups in total. The summed E-state index contributed by atoms with van der Waals surface area (Å²) in [6, 6.07) is 4.91. The summed E-state index contributed by atoms with van der Waals surface area (Å²) in [4.78, 5) is 27.0. The number of nitrogens with zero attached hydrogens (tertiary/aromatic N) is 5. The van der Waals surface area contributed by atoms with Crippen molar-refractivity contribution < 1.29 is 14.3 Å². The van der Waals surface area contributed by atoms with Gasteiger partial charge in [0.1, 0.15) is 11.8 Å². The molecule has 1 aliphatic heterocycles. The molecule has 2 heterocycles. The lowest BCUT2D eigenvalue weighted by Crippen LogP contribution is -2.41. The Bertz CT molecular complexity index is 1020. The van der Waals surface area contributed by atoms with Crippen molar-refractivity contribution in [2.24, 2.45) is 0 Å². The van der Waals surface area contributed by atoms with Crippen LogP contribution in [0.5, 0.6) is 5.75 Å². The lowest BCUT2D eigenvalue weighted by atomic mass is 10.2. The minimum Gasteiger partial charge on any atom is -0.477 e. The summed E-state index contributed by atoms with van der Waals surface area (Å²) in [5, 5.41) is 12.6. The first-order valence-electron chi connectivity index (χ1n) is 10.2. The summed E-state index contributed by atoms with van der Waals surface area (Å²) in [6.45, 7) is 4.47. The molecule has 0 spiro atoms. The summed E-state index contributed by atoms with van der Waals surface area (Å²) in [7, 11) is 0. The zero-order valence-corrected chi connectivity index (χ0v) is 20.0. The predicted octanol–water partition coefficient (Wildman–Crippen LogP) is 2.26. The van der Waals surface area contributed by atoms with Gasteiger partial charge in [-0.15, -0.1) is 0 Å². The van der Waals surface area contributed by atoms with Crippen LogP contribution in [-0.2, 0) is 9.53 Å². The molecule has 10 nitrogen and oxygen atoms in total. The van der Waals surface area contributed by atoms with E-state index in [-0.39, 0.29) is 35.1 Å². The number of nitrogens with one attached hydrogen (secondary N) is 1. The molecule has 1 saturated heterocycles. The highest BCUT2D eigenvalue weighted by Gasteiger charge is 2.16. The molecule has 0 radical (unpaired) electrons. The van der Waals surface area contributed by atoms with Crippen molar-refractivity contribution in [3.8, 4) is 23.2 Å². The van der Waals surface area contributed by atoms with Crippen LogP contribution in [0.3, 0.4) is 0 Å². The zero-order chi connectivity index (χ0) is 23.6. The normalized spacial score (nSPS) is 14.0. The first-order valence-corrected chi connectivity index (χ1v) is 11.9. The number of rotatable bonds is 10. The van der Waals surface area contributed by atoms with E-state index >= 15 is 0 Å². The number of benzene rings is 1. The zero-order valence-electron chi connectivity index (χ0n) is 17.7. The van der Waals surface area contributed by atoms with Crippen molar-refractivity contribution in [1.82, 2.24) is 25.2 Å². The molecule has 13 heteroatoms. The van der Waals surface area contributed by atoms with Crippen molar-refractivity contribution in [1.29, 1.82) is 5.26 Å². The predicted molar refractivity (Wildman–Crippen MR) is 126 cm³/mol. The second-order valence-corrected chi connectivity index (χ2v) is 8.79. The number of aromatic nitrogens is 3. The monoisotopic (exact) mass is 511 g/mol. The number of amides is 1. The van der Waals surface area contributed by atoms with Gasteiger partial charge in [0, 0.05) is 43.9 Å². The minimum atomic E-state index is -0.171. The maximum absolute atomic E-state index is 12.1. The topological polar surface area (TPSA) is 139 Å². The van der Waals surface area contributed by atoms with E-state index in [4.69, 9.17) is 43.7 Å². The van der Waals surface area contributed by atoms with Gasteiger partial charge in [0.15, 0.2) is 17.6 Å². The average Bonchev–Trinajstić information content (AvgIpc) is 2.79. The lowest BCUT2D eigenvalue weighted by molar-refractivity contribution is -0.120. The summed E-state index contributed by atoms with van der Waals surface area (Å²) in [5.41, 5.74) is 6.29. The van der Waals surface area contributed by atoms with E-state index in [0.717, 1.165) is 32.8 Å². The molecule has 0 aliphatic carbocycles. The molecule has 3 rings (SSSR count). The van der Waals surface area contributed by atoms with Gasteiger partial charge in [0.2, 0.25) is 11.9 Å². The van der Waals surface area contributed by atoms with E-state index in [2.05, 4.69) is 25.2 Å². The minimum absolute atomic E-state index is 0.0166. The maximum Gasteiger partial charge on any atom is 0.224 e. The number of thioether (sulfide) groups is 1. The van der Waals surface area contributed by atoms with Gasteiger partial charge in [-0.05, 0) is 12.1 Å². The highest BCUT2D eigenvalue weighted by molar-refractivity contribution is 7.99. The van der Waals surface area contributed by atoms with Gasteiger partial charge in [0.05, 0.1) is 23.3 Å². The molecule has 1 aliphatic rings. The summed E-state index contributed by atoms with van der Waals surface area (Å²) in [5.74, 6) is 0.959. The maximum atomic E-state index is 12.1. The highest BCUT2D eigenvalue weighted by atomic mass is 35.5. The summed E-state index contributed by atoms with van der Waals surface area (Å²) >= 11 is 13.7. The smallest absolute Gasteiger partial charge is 0.224 e. The number of nitrogens with two attached hydrogens (primary N) is 1. The molecule has 1 aromatic heterocycles. The molecule has 0 unspecified atom stereocenters. The average molecular weight is 512 g/mol. The van der Waals surface area contributed by atoms with Crippen molar-refractivity contribution in [3.05, 3.63) is 22.2 Å². The van der Waals surface area contributed by atoms with E-state index in [1.165, 1.54) is 17.8 Å². The fourth-order valence-corrected chi connectivity index (χ4v) is 4.28. The molecule has 2 aromatic rings. The first-order chi connectivity index (χ1) is 16.0. The van der Waals surface area contributed by atoms with Gasteiger partial charge in [-0.25, -0.2) is 4.98 Å². The van der Waals surface area contributed by atoms with Crippen molar-refractivity contribution in [2.75, 3.05) is 57.5 Å². The molecular weight excluding hydrogens is 489 g/mol. The third-order valence-electron chi connectivity index (χ3n) is 4.60. The number of carbonyl (C=O) groups excluding carboxylic acids is 1. The molecule has 0 atom stereocenters. The lowest BCUT2D eigenvalue weighted by Gasteiger charge is -2.26. The van der Waals surface area contributed by atoms with Crippen LogP contribution in [0.15, 0.2) is 17.3 Å². The molecular formula is C20H23Cl2N7O3S. The SMILES string of the molecule is N#CCOc1cc(-c2nc(N)nc(SCCC(=O)NCCN3CCOCC3)n2)c(Cl)cc1Cl. The van der Waals surface area contributed by atoms with Crippen molar-refractivity contribution >= 4 is 46.8 Å². The number of carbonyl (C=O) groups is 1. The van der Waals surface area contributed by atoms with Crippen LogP contribution >= 0.6 is 35.0 Å². The molecule has 1 fully saturated rings. The molecule has 1 amide bonds. The van der Waals surface area contributed by atoms with Crippen LogP contribution in [0, 0.1) is 11.3 Å². The summed E-state index contributed by atoms with van der Waals surface area (Å²) in [6.07, 6.45) is 0.308. The Morgan fingerprint density at radius 3 is 2.82 bits per heavy atom. The number of morpholine rings is 1. The fourth-order valence-electron chi connectivity index (χ4n) is 2.98.